The molecule has 0 N–H and O–H groups in total. The first-order valence-electron chi connectivity index (χ1n) is 18.7. The summed E-state index contributed by atoms with van der Waals surface area (Å²) in [7, 11) is 0. The number of rotatable bonds is 6. The van der Waals surface area contributed by atoms with Crippen LogP contribution in [0.5, 0.6) is 0 Å². The molecule has 0 amide bonds. The van der Waals surface area contributed by atoms with Crippen molar-refractivity contribution in [1.29, 1.82) is 0 Å². The van der Waals surface area contributed by atoms with E-state index in [0.29, 0.717) is 0 Å². The summed E-state index contributed by atoms with van der Waals surface area (Å²) in [5.41, 5.74) is 15.4. The van der Waals surface area contributed by atoms with Crippen molar-refractivity contribution in [3.05, 3.63) is 195 Å². The van der Waals surface area contributed by atoms with E-state index >= 15 is 0 Å². The Morgan fingerprint density at radius 1 is 0.339 bits per heavy atom. The number of benzene rings is 5. The van der Waals surface area contributed by atoms with Gasteiger partial charge in [0.25, 0.3) is 0 Å². The number of hydrogen-bond acceptors (Lipinski definition) is 4. The van der Waals surface area contributed by atoms with Gasteiger partial charge in [-0.15, -0.1) is 0 Å². The van der Waals surface area contributed by atoms with E-state index in [4.69, 9.17) is 9.97 Å². The molecule has 0 aliphatic heterocycles. The minimum Gasteiger partial charge on any atom is -0.309 e. The zero-order valence-corrected chi connectivity index (χ0v) is 30.2. The van der Waals surface area contributed by atoms with Crippen LogP contribution in [0.15, 0.2) is 195 Å². The molecule has 6 heteroatoms. The molecule has 11 rings (SSSR count). The van der Waals surface area contributed by atoms with Gasteiger partial charge in [0, 0.05) is 51.7 Å². The van der Waals surface area contributed by atoms with Crippen molar-refractivity contribution >= 4 is 43.7 Å². The topological polar surface area (TPSA) is 61.4 Å². The molecule has 0 aliphatic rings. The Morgan fingerprint density at radius 3 is 1.73 bits per heavy atom. The maximum atomic E-state index is 4.98. The molecule has 0 atom stereocenters. The van der Waals surface area contributed by atoms with Crippen molar-refractivity contribution < 1.29 is 0 Å². The number of hydrogen-bond donors (Lipinski definition) is 0. The van der Waals surface area contributed by atoms with Gasteiger partial charge in [0.15, 0.2) is 0 Å². The first-order valence-corrected chi connectivity index (χ1v) is 18.7. The quantitative estimate of drug-likeness (QED) is 0.172. The van der Waals surface area contributed by atoms with Crippen LogP contribution >= 0.6 is 0 Å². The van der Waals surface area contributed by atoms with Crippen LogP contribution in [-0.4, -0.2) is 29.1 Å². The van der Waals surface area contributed by atoms with Gasteiger partial charge in [0.2, 0.25) is 0 Å². The molecule has 262 valence electrons. The van der Waals surface area contributed by atoms with Crippen molar-refractivity contribution in [3.63, 3.8) is 0 Å². The van der Waals surface area contributed by atoms with Crippen LogP contribution < -0.4 is 0 Å². The second kappa shape index (κ2) is 13.0. The molecule has 11 aromatic rings. The Morgan fingerprint density at radius 2 is 0.982 bits per heavy atom. The van der Waals surface area contributed by atoms with Gasteiger partial charge >= 0.3 is 0 Å². The molecule has 0 bridgehead atoms. The lowest BCUT2D eigenvalue weighted by Gasteiger charge is -2.13. The lowest BCUT2D eigenvalue weighted by molar-refractivity contribution is 1.17. The fraction of sp³-hybridized carbons (Fsp3) is 0. The van der Waals surface area contributed by atoms with Gasteiger partial charge in [0.1, 0.15) is 0 Å². The van der Waals surface area contributed by atoms with Gasteiger partial charge in [-0.3, -0.25) is 15.0 Å². The summed E-state index contributed by atoms with van der Waals surface area (Å²) in [6.07, 6.45) is 5.48. The highest BCUT2D eigenvalue weighted by atomic mass is 15.0. The Bertz CT molecular complexity index is 3160. The number of aromatic nitrogens is 6. The highest BCUT2D eigenvalue weighted by molar-refractivity contribution is 6.15. The smallest absolute Gasteiger partial charge is 0.0963 e. The average Bonchev–Trinajstić information content (AvgIpc) is 3.80. The second-order valence-electron chi connectivity index (χ2n) is 13.9. The van der Waals surface area contributed by atoms with Crippen LogP contribution in [-0.2, 0) is 0 Å². The minimum absolute atomic E-state index is 0.801. The minimum atomic E-state index is 0.801. The van der Waals surface area contributed by atoms with Crippen molar-refractivity contribution in [1.82, 2.24) is 29.1 Å². The van der Waals surface area contributed by atoms with Crippen molar-refractivity contribution in [2.45, 2.75) is 0 Å². The normalized spacial score (nSPS) is 11.6. The molecular weight excluding hydrogens is 685 g/mol. The average molecular weight is 717 g/mol. The van der Waals surface area contributed by atoms with Crippen LogP contribution in [0, 0.1) is 0 Å². The maximum absolute atomic E-state index is 4.98. The Hall–Kier alpha value is -7.70. The zero-order valence-electron chi connectivity index (χ0n) is 30.2. The molecule has 0 unspecified atom stereocenters. The fourth-order valence-corrected chi connectivity index (χ4v) is 8.17. The van der Waals surface area contributed by atoms with Crippen molar-refractivity contribution in [3.8, 4) is 56.4 Å². The molecule has 0 aliphatic carbocycles. The summed E-state index contributed by atoms with van der Waals surface area (Å²) in [6, 6.07) is 61.8. The molecule has 0 fully saturated rings. The summed E-state index contributed by atoms with van der Waals surface area (Å²) in [5.74, 6) is 0. The molecule has 6 heterocycles. The monoisotopic (exact) mass is 716 g/mol. The van der Waals surface area contributed by atoms with Crippen LogP contribution in [0.1, 0.15) is 0 Å². The lowest BCUT2D eigenvalue weighted by atomic mass is 10.0. The van der Waals surface area contributed by atoms with Crippen LogP contribution in [0.2, 0.25) is 0 Å². The number of fused-ring (bicyclic) bond motifs is 6. The van der Waals surface area contributed by atoms with E-state index in [-0.39, 0.29) is 0 Å². The predicted molar refractivity (Wildman–Crippen MR) is 228 cm³/mol. The maximum Gasteiger partial charge on any atom is 0.0963 e. The van der Waals surface area contributed by atoms with Crippen LogP contribution in [0.3, 0.4) is 0 Å². The van der Waals surface area contributed by atoms with Crippen LogP contribution in [0.25, 0.3) is 100 Å². The number of para-hydroxylation sites is 3. The van der Waals surface area contributed by atoms with Gasteiger partial charge in [-0.05, 0) is 108 Å². The van der Waals surface area contributed by atoms with E-state index in [0.717, 1.165) is 72.8 Å². The molecule has 6 nitrogen and oxygen atoms in total. The highest BCUT2D eigenvalue weighted by Gasteiger charge is 2.19. The molecule has 0 saturated heterocycles. The van der Waals surface area contributed by atoms with E-state index in [1.165, 1.54) is 27.4 Å². The highest BCUT2D eigenvalue weighted by Crippen LogP contribution is 2.40. The molecule has 0 radical (unpaired) electrons. The zero-order chi connectivity index (χ0) is 37.0. The van der Waals surface area contributed by atoms with Crippen molar-refractivity contribution in [2.75, 3.05) is 0 Å². The van der Waals surface area contributed by atoms with Gasteiger partial charge in [-0.25, -0.2) is 4.98 Å². The van der Waals surface area contributed by atoms with Gasteiger partial charge in [-0.1, -0.05) is 84.9 Å². The second-order valence-corrected chi connectivity index (χ2v) is 13.9. The Kier molecular flexibility index (Phi) is 7.38. The SMILES string of the molecule is c1ccc(-n2c3ccccc3c3cccc(-c4ccc5c6ncccc6n(-c6ccc(-c7cc(-c8ccccn8)nc(-c8ccccn8)c7)cc6)c5c4)c32)cc1. The Labute approximate surface area is 322 Å². The molecule has 0 spiro atoms. The molecule has 6 aromatic heterocycles. The molecule has 56 heavy (non-hydrogen) atoms. The third-order valence-corrected chi connectivity index (χ3v) is 10.7. The van der Waals surface area contributed by atoms with E-state index in [1.54, 1.807) is 12.4 Å². The Balaban J connectivity index is 1.08. The molecule has 5 aromatic carbocycles. The van der Waals surface area contributed by atoms with E-state index < -0.39 is 0 Å². The standard InChI is InChI=1S/C50H32N6/c1-2-12-36(13-3-1)56-46-19-5-4-14-39(46)40-16-10-15-38(50(40)56)34-23-26-41-48(32-34)55(47-20-11-29-53-49(41)47)37-24-21-33(22-25-37)35-30-44(42-17-6-8-27-51-42)54-45(31-35)43-18-7-9-28-52-43/h1-32H. The summed E-state index contributed by atoms with van der Waals surface area (Å²) in [5, 5.41) is 3.58. The van der Waals surface area contributed by atoms with Gasteiger partial charge in [-0.2, -0.15) is 0 Å². The number of pyridine rings is 4. The lowest BCUT2D eigenvalue weighted by Crippen LogP contribution is -1.96. The summed E-state index contributed by atoms with van der Waals surface area (Å²) < 4.78 is 4.74. The third kappa shape index (κ3) is 5.19. The predicted octanol–water partition coefficient (Wildman–Crippen LogP) is 12.1. The first-order chi connectivity index (χ1) is 27.8. The number of nitrogens with zero attached hydrogens (tertiary/aromatic N) is 6. The molecule has 0 saturated carbocycles. The van der Waals surface area contributed by atoms with Gasteiger partial charge in [0.05, 0.1) is 50.4 Å². The third-order valence-electron chi connectivity index (χ3n) is 10.7. The molecular formula is C50H32N6. The van der Waals surface area contributed by atoms with E-state index in [1.807, 2.05) is 48.7 Å². The summed E-state index contributed by atoms with van der Waals surface area (Å²) >= 11 is 0. The fourth-order valence-electron chi connectivity index (χ4n) is 8.17. The summed E-state index contributed by atoms with van der Waals surface area (Å²) in [4.78, 5) is 19.1. The first kappa shape index (κ1) is 31.8. The van der Waals surface area contributed by atoms with Gasteiger partial charge < -0.3 is 9.13 Å². The van der Waals surface area contributed by atoms with E-state index in [2.05, 4.69) is 153 Å². The largest absolute Gasteiger partial charge is 0.309 e. The van der Waals surface area contributed by atoms with Crippen LogP contribution in [0.4, 0.5) is 0 Å². The van der Waals surface area contributed by atoms with Crippen molar-refractivity contribution in [2.24, 2.45) is 0 Å². The van der Waals surface area contributed by atoms with E-state index in [9.17, 15) is 0 Å². The summed E-state index contributed by atoms with van der Waals surface area (Å²) in [6.45, 7) is 0.